The van der Waals surface area contributed by atoms with Crippen LogP contribution in [0.2, 0.25) is 0 Å². The van der Waals surface area contributed by atoms with Crippen LogP contribution in [-0.2, 0) is 0 Å². The fraction of sp³-hybridized carbons (Fsp3) is 0.923. The second-order valence-corrected chi connectivity index (χ2v) is 6.77. The Morgan fingerprint density at radius 1 is 1.25 bits per heavy atom. The molecule has 4 aliphatic carbocycles. The van der Waals surface area contributed by atoms with E-state index < -0.39 is 0 Å². The standard InChI is InChI=1S/C13H23N3/c1-12-4-9-3-10(5-12)7-13(6-9,8-12)11(15-2)16-14/h9-10H,3-8,14H2,1-2H3,(H,15,16). The second kappa shape index (κ2) is 3.22. The van der Waals surface area contributed by atoms with Crippen molar-refractivity contribution in [1.82, 2.24) is 5.43 Å². The molecule has 4 fully saturated rings. The molecule has 0 aromatic rings. The number of amidine groups is 1. The number of nitrogens with two attached hydrogens (primary N) is 1. The second-order valence-electron chi connectivity index (χ2n) is 6.77. The van der Waals surface area contributed by atoms with Gasteiger partial charge in [0.05, 0.1) is 0 Å². The molecule has 0 spiro atoms. The van der Waals surface area contributed by atoms with Gasteiger partial charge in [0.25, 0.3) is 0 Å². The molecular formula is C13H23N3. The molecule has 4 bridgehead atoms. The Kier molecular flexibility index (Phi) is 2.13. The summed E-state index contributed by atoms with van der Waals surface area (Å²) in [5.41, 5.74) is 3.74. The van der Waals surface area contributed by atoms with Crippen LogP contribution in [-0.4, -0.2) is 12.9 Å². The van der Waals surface area contributed by atoms with Crippen molar-refractivity contribution in [3.05, 3.63) is 0 Å². The fourth-order valence-electron chi connectivity index (χ4n) is 5.45. The first-order valence-corrected chi connectivity index (χ1v) is 6.53. The van der Waals surface area contributed by atoms with Crippen LogP contribution in [0.4, 0.5) is 0 Å². The highest BCUT2D eigenvalue weighted by molar-refractivity contribution is 5.88. The number of nitrogens with zero attached hydrogens (tertiary/aromatic N) is 1. The van der Waals surface area contributed by atoms with Gasteiger partial charge in [-0.3, -0.25) is 4.99 Å². The molecule has 0 saturated heterocycles. The Morgan fingerprint density at radius 3 is 2.31 bits per heavy atom. The Hall–Kier alpha value is -0.570. The van der Waals surface area contributed by atoms with Crippen molar-refractivity contribution >= 4 is 5.84 Å². The lowest BCUT2D eigenvalue weighted by molar-refractivity contribution is -0.0694. The molecule has 0 aromatic heterocycles. The third-order valence-electron chi connectivity index (χ3n) is 5.22. The summed E-state index contributed by atoms with van der Waals surface area (Å²) >= 11 is 0. The maximum atomic E-state index is 5.67. The van der Waals surface area contributed by atoms with Gasteiger partial charge in [0, 0.05) is 12.5 Å². The molecule has 0 heterocycles. The largest absolute Gasteiger partial charge is 0.312 e. The van der Waals surface area contributed by atoms with E-state index in [2.05, 4.69) is 17.3 Å². The monoisotopic (exact) mass is 221 g/mol. The molecule has 16 heavy (non-hydrogen) atoms. The van der Waals surface area contributed by atoms with Gasteiger partial charge in [-0.2, -0.15) is 0 Å². The predicted octanol–water partition coefficient (Wildman–Crippen LogP) is 2.08. The molecular weight excluding hydrogens is 198 g/mol. The normalized spacial score (nSPS) is 50.8. The van der Waals surface area contributed by atoms with Crippen LogP contribution in [0.5, 0.6) is 0 Å². The molecule has 2 atom stereocenters. The van der Waals surface area contributed by atoms with E-state index in [4.69, 9.17) is 5.84 Å². The number of hydrogen-bond acceptors (Lipinski definition) is 2. The summed E-state index contributed by atoms with van der Waals surface area (Å²) in [6, 6.07) is 0. The first kappa shape index (κ1) is 10.6. The van der Waals surface area contributed by atoms with Crippen LogP contribution in [0.3, 0.4) is 0 Å². The van der Waals surface area contributed by atoms with Gasteiger partial charge >= 0.3 is 0 Å². The van der Waals surface area contributed by atoms with Crippen LogP contribution in [0, 0.1) is 22.7 Å². The minimum absolute atomic E-state index is 0.294. The van der Waals surface area contributed by atoms with E-state index in [1.165, 1.54) is 38.5 Å². The molecule has 4 aliphatic rings. The summed E-state index contributed by atoms with van der Waals surface area (Å²) in [5, 5.41) is 0. The van der Waals surface area contributed by atoms with Crippen molar-refractivity contribution < 1.29 is 0 Å². The van der Waals surface area contributed by atoms with Crippen LogP contribution in [0.1, 0.15) is 45.4 Å². The summed E-state index contributed by atoms with van der Waals surface area (Å²) in [6.07, 6.45) is 8.26. The Morgan fingerprint density at radius 2 is 1.88 bits per heavy atom. The van der Waals surface area contributed by atoms with Crippen molar-refractivity contribution in [2.24, 2.45) is 33.5 Å². The molecule has 3 nitrogen and oxygen atoms in total. The predicted molar refractivity (Wildman–Crippen MR) is 65.9 cm³/mol. The lowest BCUT2D eigenvalue weighted by Gasteiger charge is -2.61. The molecule has 3 N–H and O–H groups in total. The van der Waals surface area contributed by atoms with Gasteiger partial charge in [-0.05, 0) is 55.8 Å². The van der Waals surface area contributed by atoms with Gasteiger partial charge in [0.1, 0.15) is 5.84 Å². The van der Waals surface area contributed by atoms with Gasteiger partial charge in [0.2, 0.25) is 0 Å². The molecule has 4 rings (SSSR count). The van der Waals surface area contributed by atoms with Crippen molar-refractivity contribution in [2.75, 3.05) is 7.05 Å². The molecule has 0 amide bonds. The van der Waals surface area contributed by atoms with Crippen LogP contribution >= 0.6 is 0 Å². The summed E-state index contributed by atoms with van der Waals surface area (Å²) in [5.74, 6) is 8.58. The SMILES string of the molecule is CN=C(NN)C12CC3CC(CC(C)(C3)C1)C2. The zero-order valence-electron chi connectivity index (χ0n) is 10.4. The molecule has 90 valence electrons. The van der Waals surface area contributed by atoms with Crippen LogP contribution in [0.15, 0.2) is 4.99 Å². The van der Waals surface area contributed by atoms with E-state index in [-0.39, 0.29) is 0 Å². The van der Waals surface area contributed by atoms with E-state index in [1.807, 2.05) is 7.05 Å². The van der Waals surface area contributed by atoms with Gasteiger partial charge in [-0.1, -0.05) is 6.92 Å². The van der Waals surface area contributed by atoms with Gasteiger partial charge in [-0.15, -0.1) is 0 Å². The van der Waals surface area contributed by atoms with Crippen molar-refractivity contribution in [3.8, 4) is 0 Å². The highest BCUT2D eigenvalue weighted by Crippen LogP contribution is 2.65. The molecule has 2 unspecified atom stereocenters. The lowest BCUT2D eigenvalue weighted by Crippen LogP contribution is -2.57. The van der Waals surface area contributed by atoms with E-state index >= 15 is 0 Å². The van der Waals surface area contributed by atoms with Crippen molar-refractivity contribution in [1.29, 1.82) is 0 Å². The third-order valence-corrected chi connectivity index (χ3v) is 5.22. The quantitative estimate of drug-likeness (QED) is 0.308. The maximum Gasteiger partial charge on any atom is 0.116 e. The summed E-state index contributed by atoms with van der Waals surface area (Å²) < 4.78 is 0. The van der Waals surface area contributed by atoms with Crippen molar-refractivity contribution in [3.63, 3.8) is 0 Å². The average molecular weight is 221 g/mol. The van der Waals surface area contributed by atoms with Gasteiger partial charge < -0.3 is 5.43 Å². The highest BCUT2D eigenvalue weighted by Gasteiger charge is 2.57. The Bertz CT molecular complexity index is 320. The molecule has 0 aromatic carbocycles. The highest BCUT2D eigenvalue weighted by atomic mass is 15.3. The fourth-order valence-corrected chi connectivity index (χ4v) is 5.45. The summed E-state index contributed by atoms with van der Waals surface area (Å²) in [7, 11) is 1.87. The number of aliphatic imine (C=N–C) groups is 1. The zero-order chi connectivity index (χ0) is 11.4. The van der Waals surface area contributed by atoms with Gasteiger partial charge in [-0.25, -0.2) is 5.84 Å². The maximum absolute atomic E-state index is 5.67. The Balaban J connectivity index is 1.97. The molecule has 3 heteroatoms. The minimum atomic E-state index is 0.294. The lowest BCUT2D eigenvalue weighted by atomic mass is 9.44. The van der Waals surface area contributed by atoms with E-state index in [9.17, 15) is 0 Å². The van der Waals surface area contributed by atoms with Crippen LogP contribution < -0.4 is 11.3 Å². The number of hydrazine groups is 1. The first-order chi connectivity index (χ1) is 7.59. The summed E-state index contributed by atoms with van der Waals surface area (Å²) in [6.45, 7) is 2.48. The number of hydrogen-bond donors (Lipinski definition) is 2. The summed E-state index contributed by atoms with van der Waals surface area (Å²) in [4.78, 5) is 4.41. The number of nitrogens with one attached hydrogen (secondary N) is 1. The van der Waals surface area contributed by atoms with Crippen molar-refractivity contribution in [2.45, 2.75) is 45.4 Å². The average Bonchev–Trinajstić information content (AvgIpc) is 2.14. The molecule has 4 saturated carbocycles. The third kappa shape index (κ3) is 1.33. The van der Waals surface area contributed by atoms with E-state index in [0.717, 1.165) is 17.7 Å². The number of rotatable bonds is 1. The smallest absolute Gasteiger partial charge is 0.116 e. The molecule has 0 radical (unpaired) electrons. The van der Waals surface area contributed by atoms with E-state index in [0.29, 0.717) is 10.8 Å². The first-order valence-electron chi connectivity index (χ1n) is 6.53. The molecule has 0 aliphatic heterocycles. The minimum Gasteiger partial charge on any atom is -0.312 e. The zero-order valence-corrected chi connectivity index (χ0v) is 10.4. The van der Waals surface area contributed by atoms with Crippen LogP contribution in [0.25, 0.3) is 0 Å². The topological polar surface area (TPSA) is 50.4 Å². The van der Waals surface area contributed by atoms with Gasteiger partial charge in [0.15, 0.2) is 0 Å². The Labute approximate surface area is 97.9 Å². The van der Waals surface area contributed by atoms with E-state index in [1.54, 1.807) is 0 Å².